The van der Waals surface area contributed by atoms with Crippen molar-refractivity contribution in [1.82, 2.24) is 5.73 Å². The van der Waals surface area contributed by atoms with Crippen molar-refractivity contribution in [2.75, 3.05) is 0 Å². The molecule has 99 valence electrons. The Kier molecular flexibility index (Phi) is 5.92. The van der Waals surface area contributed by atoms with Crippen LogP contribution in [0.2, 0.25) is 0 Å². The maximum Gasteiger partial charge on any atom is 0.336 e. The summed E-state index contributed by atoms with van der Waals surface area (Å²) in [4.78, 5) is 11.4. The molecule has 0 amide bonds. The first-order chi connectivity index (χ1) is 8.00. The van der Waals surface area contributed by atoms with Gasteiger partial charge >= 0.3 is 5.97 Å². The molecule has 4 heteroatoms. The van der Waals surface area contributed by atoms with Crippen LogP contribution in [0.1, 0.15) is 52.4 Å². The van der Waals surface area contributed by atoms with E-state index in [2.05, 4.69) is 0 Å². The van der Waals surface area contributed by atoms with Crippen molar-refractivity contribution in [1.29, 1.82) is 0 Å². The third kappa shape index (κ3) is 5.04. The molecule has 1 saturated carbocycles. The van der Waals surface area contributed by atoms with Crippen LogP contribution in [-0.2, 0) is 9.53 Å². The van der Waals surface area contributed by atoms with E-state index < -0.39 is 18.1 Å². The molecule has 1 aliphatic carbocycles. The van der Waals surface area contributed by atoms with Gasteiger partial charge in [0, 0.05) is 0 Å². The molecule has 0 bridgehead atoms. The lowest BCUT2D eigenvalue weighted by atomic mass is 9.84. The van der Waals surface area contributed by atoms with E-state index in [1.807, 2.05) is 0 Å². The third-order valence-electron chi connectivity index (χ3n) is 3.29. The van der Waals surface area contributed by atoms with Crippen LogP contribution in [0.5, 0.6) is 0 Å². The number of aliphatic hydroxyl groups excluding tert-OH is 1. The maximum absolute atomic E-state index is 11.4. The predicted octanol–water partition coefficient (Wildman–Crippen LogP) is 1.92. The number of carbonyl (C=O) groups excluding carboxylic acids is 1. The fourth-order valence-corrected chi connectivity index (χ4v) is 2.38. The van der Waals surface area contributed by atoms with Gasteiger partial charge in [-0.05, 0) is 26.2 Å². The molecule has 17 heavy (non-hydrogen) atoms. The van der Waals surface area contributed by atoms with Crippen LogP contribution in [0.15, 0.2) is 0 Å². The lowest BCUT2D eigenvalue weighted by molar-refractivity contribution is -0.158. The Hall–Kier alpha value is -0.610. The van der Waals surface area contributed by atoms with Gasteiger partial charge in [-0.25, -0.2) is 4.79 Å². The van der Waals surface area contributed by atoms with Gasteiger partial charge in [0.05, 0.1) is 12.1 Å². The quantitative estimate of drug-likeness (QED) is 0.749. The highest BCUT2D eigenvalue weighted by molar-refractivity contribution is 5.75. The van der Waals surface area contributed by atoms with E-state index in [-0.39, 0.29) is 6.10 Å². The predicted molar refractivity (Wildman–Crippen MR) is 65.3 cm³/mol. The smallest absolute Gasteiger partial charge is 0.336 e. The van der Waals surface area contributed by atoms with Crippen LogP contribution >= 0.6 is 0 Å². The zero-order chi connectivity index (χ0) is 12.8. The highest BCUT2D eigenvalue weighted by atomic mass is 16.6. The summed E-state index contributed by atoms with van der Waals surface area (Å²) < 4.78 is 4.91. The van der Waals surface area contributed by atoms with Crippen molar-refractivity contribution in [2.45, 2.75) is 70.6 Å². The molecule has 1 fully saturated rings. The molecule has 1 radical (unpaired) electrons. The topological polar surface area (TPSA) is 70.3 Å². The summed E-state index contributed by atoms with van der Waals surface area (Å²) in [6, 6.07) is -0.746. The van der Waals surface area contributed by atoms with Crippen LogP contribution in [0.25, 0.3) is 0 Å². The highest BCUT2D eigenvalue weighted by Gasteiger charge is 2.28. The van der Waals surface area contributed by atoms with Gasteiger partial charge in [0.1, 0.15) is 0 Å². The Morgan fingerprint density at radius 1 is 1.35 bits per heavy atom. The molecule has 0 unspecified atom stereocenters. The Balaban J connectivity index is 2.34. The Labute approximate surface area is 104 Å². The lowest BCUT2D eigenvalue weighted by Crippen LogP contribution is -2.38. The molecule has 2 N–H and O–H groups in total. The molecule has 4 nitrogen and oxygen atoms in total. The van der Waals surface area contributed by atoms with Gasteiger partial charge in [0.15, 0.2) is 6.10 Å². The van der Waals surface area contributed by atoms with E-state index in [0.717, 1.165) is 12.8 Å². The van der Waals surface area contributed by atoms with Crippen LogP contribution in [0.4, 0.5) is 0 Å². The summed E-state index contributed by atoms with van der Waals surface area (Å²) in [6.45, 7) is 3.48. The van der Waals surface area contributed by atoms with Gasteiger partial charge in [-0.2, -0.15) is 0 Å². The van der Waals surface area contributed by atoms with E-state index in [9.17, 15) is 9.90 Å². The molecular weight excluding hydrogens is 218 g/mol. The second-order valence-corrected chi connectivity index (χ2v) is 5.28. The average molecular weight is 242 g/mol. The fourth-order valence-electron chi connectivity index (χ4n) is 2.38. The lowest BCUT2D eigenvalue weighted by Gasteiger charge is -2.26. The van der Waals surface area contributed by atoms with Crippen LogP contribution < -0.4 is 5.73 Å². The zero-order valence-corrected chi connectivity index (χ0v) is 10.8. The summed E-state index contributed by atoms with van der Waals surface area (Å²) in [5.74, 6) is -0.163. The number of esters is 1. The molecule has 0 aromatic rings. The average Bonchev–Trinajstić information content (AvgIpc) is 2.28. The van der Waals surface area contributed by atoms with Crippen molar-refractivity contribution in [3.8, 4) is 0 Å². The first-order valence-corrected chi connectivity index (χ1v) is 6.60. The normalized spacial score (nSPS) is 21.2. The van der Waals surface area contributed by atoms with Crippen LogP contribution in [0.3, 0.4) is 0 Å². The number of hydrogen-bond acceptors (Lipinski definition) is 3. The fraction of sp³-hybridized carbons (Fsp3) is 0.923. The SMILES string of the molecule is CC(C)OC(=O)[C@H](O)[C@@H]([NH])CC1CCCCC1. The summed E-state index contributed by atoms with van der Waals surface area (Å²) in [6.07, 6.45) is 5.03. The standard InChI is InChI=1S/C13H24NO3/c1-9(2)17-13(16)12(15)11(14)8-10-6-4-3-5-7-10/h9-12,14-15H,3-8H2,1-2H3/t11-,12+/m0/s1. The summed E-state index contributed by atoms with van der Waals surface area (Å²) in [7, 11) is 0. The number of nitrogens with one attached hydrogen (secondary N) is 1. The molecule has 0 aromatic heterocycles. The molecule has 2 atom stereocenters. The van der Waals surface area contributed by atoms with Crippen LogP contribution in [0, 0.1) is 5.92 Å². The van der Waals surface area contributed by atoms with E-state index in [1.165, 1.54) is 19.3 Å². The number of rotatable bonds is 5. The van der Waals surface area contributed by atoms with Gasteiger partial charge in [0.25, 0.3) is 0 Å². The van der Waals surface area contributed by atoms with E-state index >= 15 is 0 Å². The van der Waals surface area contributed by atoms with E-state index in [0.29, 0.717) is 12.3 Å². The minimum atomic E-state index is -1.29. The first kappa shape index (κ1) is 14.5. The molecule has 0 spiro atoms. The van der Waals surface area contributed by atoms with Crippen LogP contribution in [-0.4, -0.2) is 29.3 Å². The molecule has 0 saturated heterocycles. The molecule has 1 aliphatic rings. The van der Waals surface area contributed by atoms with Crippen molar-refractivity contribution < 1.29 is 14.6 Å². The minimum absolute atomic E-state index is 0.237. The Morgan fingerprint density at radius 2 is 1.94 bits per heavy atom. The summed E-state index contributed by atoms with van der Waals surface area (Å²) in [5.41, 5.74) is 7.84. The first-order valence-electron chi connectivity index (χ1n) is 6.60. The number of hydrogen-bond donors (Lipinski definition) is 1. The number of ether oxygens (including phenoxy) is 1. The van der Waals surface area contributed by atoms with Crippen molar-refractivity contribution in [2.24, 2.45) is 5.92 Å². The molecule has 0 aromatic carbocycles. The zero-order valence-electron chi connectivity index (χ0n) is 10.8. The largest absolute Gasteiger partial charge is 0.461 e. The van der Waals surface area contributed by atoms with Crippen molar-refractivity contribution in [3.05, 3.63) is 0 Å². The summed E-state index contributed by atoms with van der Waals surface area (Å²) in [5, 5.41) is 9.70. The third-order valence-corrected chi connectivity index (χ3v) is 3.29. The molecular formula is C13H24NO3. The second kappa shape index (κ2) is 6.97. The number of carbonyl (C=O) groups is 1. The number of aliphatic hydroxyl groups is 1. The van der Waals surface area contributed by atoms with Gasteiger partial charge in [-0.15, -0.1) is 0 Å². The van der Waals surface area contributed by atoms with Gasteiger partial charge < -0.3 is 9.84 Å². The highest BCUT2D eigenvalue weighted by Crippen LogP contribution is 2.27. The minimum Gasteiger partial charge on any atom is -0.461 e. The van der Waals surface area contributed by atoms with Gasteiger partial charge in [-0.3, -0.25) is 5.73 Å². The molecule has 1 rings (SSSR count). The molecule has 0 heterocycles. The van der Waals surface area contributed by atoms with Gasteiger partial charge in [-0.1, -0.05) is 32.1 Å². The van der Waals surface area contributed by atoms with E-state index in [1.54, 1.807) is 13.8 Å². The maximum atomic E-state index is 11.4. The van der Waals surface area contributed by atoms with Crippen molar-refractivity contribution >= 4 is 5.97 Å². The van der Waals surface area contributed by atoms with Gasteiger partial charge in [0.2, 0.25) is 0 Å². The summed E-state index contributed by atoms with van der Waals surface area (Å²) >= 11 is 0. The Bertz CT molecular complexity index is 237. The van der Waals surface area contributed by atoms with E-state index in [4.69, 9.17) is 10.5 Å². The Morgan fingerprint density at radius 3 is 2.47 bits per heavy atom. The second-order valence-electron chi connectivity index (χ2n) is 5.28. The van der Waals surface area contributed by atoms with Crippen molar-refractivity contribution in [3.63, 3.8) is 0 Å². The molecule has 0 aliphatic heterocycles. The monoisotopic (exact) mass is 242 g/mol.